The van der Waals surface area contributed by atoms with Crippen LogP contribution in [0.25, 0.3) is 5.69 Å². The lowest BCUT2D eigenvalue weighted by molar-refractivity contribution is 0.847. The number of hydrogen-bond acceptors (Lipinski definition) is 3. The highest BCUT2D eigenvalue weighted by atomic mass is 35.5. The molecular formula is C15H16ClN5S. The minimum atomic E-state index is 0.386. The van der Waals surface area contributed by atoms with Crippen molar-refractivity contribution in [3.8, 4) is 5.69 Å². The Morgan fingerprint density at radius 1 is 1.45 bits per heavy atom. The van der Waals surface area contributed by atoms with Gasteiger partial charge in [-0.2, -0.15) is 10.2 Å². The number of thiocarbonyl (C=S) groups is 1. The van der Waals surface area contributed by atoms with E-state index in [4.69, 9.17) is 23.8 Å². The number of halogens is 1. The molecule has 0 aliphatic rings. The summed E-state index contributed by atoms with van der Waals surface area (Å²) < 4.78 is 1.78. The van der Waals surface area contributed by atoms with Gasteiger partial charge in [-0.15, -0.1) is 6.58 Å². The van der Waals surface area contributed by atoms with Gasteiger partial charge in [0.1, 0.15) is 0 Å². The lowest BCUT2D eigenvalue weighted by atomic mass is 10.2. The normalized spacial score (nSPS) is 10.6. The summed E-state index contributed by atoms with van der Waals surface area (Å²) in [4.78, 5) is 0. The van der Waals surface area contributed by atoms with E-state index in [9.17, 15) is 0 Å². The molecule has 0 unspecified atom stereocenters. The summed E-state index contributed by atoms with van der Waals surface area (Å²) in [5.74, 6) is 0. The number of para-hydroxylation sites is 1. The third-order valence-electron chi connectivity index (χ3n) is 2.89. The summed E-state index contributed by atoms with van der Waals surface area (Å²) >= 11 is 11.2. The summed E-state index contributed by atoms with van der Waals surface area (Å²) in [6.07, 6.45) is 3.31. The first kappa shape index (κ1) is 16.2. The second-order valence-corrected chi connectivity index (χ2v) is 5.17. The third kappa shape index (κ3) is 3.93. The van der Waals surface area contributed by atoms with Gasteiger partial charge in [-0.25, -0.2) is 4.68 Å². The van der Waals surface area contributed by atoms with Crippen molar-refractivity contribution < 1.29 is 0 Å². The van der Waals surface area contributed by atoms with Gasteiger partial charge in [-0.3, -0.25) is 5.43 Å². The fraction of sp³-hybridized carbons (Fsp3) is 0.133. The fourth-order valence-corrected chi connectivity index (χ4v) is 2.20. The quantitative estimate of drug-likeness (QED) is 0.382. The Bertz CT molecular complexity index is 693. The van der Waals surface area contributed by atoms with E-state index in [2.05, 4.69) is 27.5 Å². The van der Waals surface area contributed by atoms with Crippen molar-refractivity contribution in [2.45, 2.75) is 6.92 Å². The number of hydrazone groups is 1. The number of nitrogens with one attached hydrogen (secondary N) is 2. The lowest BCUT2D eigenvalue weighted by Gasteiger charge is -2.04. The SMILES string of the molecule is C=CCNC(=S)N/N=C\c1c(Cl)nn(-c2ccccc2)c1C. The van der Waals surface area contributed by atoms with E-state index in [1.807, 2.05) is 37.3 Å². The van der Waals surface area contributed by atoms with Gasteiger partial charge in [0.25, 0.3) is 0 Å². The van der Waals surface area contributed by atoms with Crippen LogP contribution >= 0.6 is 23.8 Å². The first-order chi connectivity index (χ1) is 10.6. The summed E-state index contributed by atoms with van der Waals surface area (Å²) in [5, 5.41) is 12.1. The molecule has 1 aromatic heterocycles. The maximum atomic E-state index is 6.19. The second-order valence-electron chi connectivity index (χ2n) is 4.41. The largest absolute Gasteiger partial charge is 0.358 e. The van der Waals surface area contributed by atoms with Crippen LogP contribution in [-0.4, -0.2) is 27.7 Å². The molecule has 0 spiro atoms. The summed E-state index contributed by atoms with van der Waals surface area (Å²) in [6.45, 7) is 6.11. The molecule has 0 saturated heterocycles. The highest BCUT2D eigenvalue weighted by molar-refractivity contribution is 7.80. The zero-order valence-electron chi connectivity index (χ0n) is 12.1. The maximum absolute atomic E-state index is 6.19. The molecule has 2 aromatic rings. The number of rotatable bonds is 5. The van der Waals surface area contributed by atoms with Crippen molar-refractivity contribution in [2.24, 2.45) is 5.10 Å². The molecule has 0 radical (unpaired) electrons. The number of aromatic nitrogens is 2. The maximum Gasteiger partial charge on any atom is 0.187 e. The summed E-state index contributed by atoms with van der Waals surface area (Å²) in [6, 6.07) is 9.77. The average molecular weight is 334 g/mol. The Morgan fingerprint density at radius 2 is 2.18 bits per heavy atom. The predicted molar refractivity (Wildman–Crippen MR) is 94.8 cm³/mol. The molecule has 2 N–H and O–H groups in total. The smallest absolute Gasteiger partial charge is 0.187 e. The van der Waals surface area contributed by atoms with E-state index in [0.29, 0.717) is 16.8 Å². The lowest BCUT2D eigenvalue weighted by Crippen LogP contribution is -2.31. The Kier molecular flexibility index (Phi) is 5.68. The molecule has 7 heteroatoms. The standard InChI is InChI=1S/C15H16ClN5S/c1-3-9-17-15(22)19-18-10-13-11(2)21(20-14(13)16)12-7-5-4-6-8-12/h3-8,10H,1,9H2,2H3,(H2,17,19,22)/b18-10-. The summed E-state index contributed by atoms with van der Waals surface area (Å²) in [7, 11) is 0. The van der Waals surface area contributed by atoms with Crippen molar-refractivity contribution in [1.82, 2.24) is 20.5 Å². The minimum absolute atomic E-state index is 0.386. The van der Waals surface area contributed by atoms with Gasteiger partial charge in [0.2, 0.25) is 0 Å². The van der Waals surface area contributed by atoms with Gasteiger partial charge in [-0.05, 0) is 31.3 Å². The Balaban J connectivity index is 2.14. The van der Waals surface area contributed by atoms with E-state index >= 15 is 0 Å². The van der Waals surface area contributed by atoms with Crippen LogP contribution in [0.4, 0.5) is 0 Å². The molecule has 1 heterocycles. The van der Waals surface area contributed by atoms with Crippen molar-refractivity contribution >= 4 is 35.1 Å². The summed E-state index contributed by atoms with van der Waals surface area (Å²) in [5.41, 5.74) is 5.29. The van der Waals surface area contributed by atoms with Crippen molar-refractivity contribution in [2.75, 3.05) is 6.54 Å². The van der Waals surface area contributed by atoms with Crippen LogP contribution in [-0.2, 0) is 0 Å². The van der Waals surface area contributed by atoms with Crippen LogP contribution in [0.1, 0.15) is 11.3 Å². The van der Waals surface area contributed by atoms with Crippen molar-refractivity contribution in [1.29, 1.82) is 0 Å². The highest BCUT2D eigenvalue weighted by Gasteiger charge is 2.12. The molecule has 0 bridgehead atoms. The Hall–Kier alpha value is -2.18. The molecule has 114 valence electrons. The molecule has 0 aliphatic heterocycles. The zero-order chi connectivity index (χ0) is 15.9. The van der Waals surface area contributed by atoms with Crippen LogP contribution in [0.15, 0.2) is 48.1 Å². The predicted octanol–water partition coefficient (Wildman–Crippen LogP) is 2.82. The molecule has 0 saturated carbocycles. The van der Waals surface area contributed by atoms with Gasteiger partial charge in [-0.1, -0.05) is 35.9 Å². The van der Waals surface area contributed by atoms with Gasteiger partial charge in [0.15, 0.2) is 10.3 Å². The van der Waals surface area contributed by atoms with Crippen LogP contribution < -0.4 is 10.7 Å². The molecule has 1 aromatic carbocycles. The highest BCUT2D eigenvalue weighted by Crippen LogP contribution is 2.20. The van der Waals surface area contributed by atoms with Gasteiger partial charge in [0, 0.05) is 6.54 Å². The second kappa shape index (κ2) is 7.72. The van der Waals surface area contributed by atoms with Crippen molar-refractivity contribution in [3.05, 3.63) is 59.4 Å². The number of hydrogen-bond donors (Lipinski definition) is 2. The molecule has 0 aliphatic carbocycles. The first-order valence-electron chi connectivity index (χ1n) is 6.62. The first-order valence-corrected chi connectivity index (χ1v) is 7.40. The molecule has 0 atom stereocenters. The zero-order valence-corrected chi connectivity index (χ0v) is 13.7. The third-order valence-corrected chi connectivity index (χ3v) is 3.40. The number of nitrogens with zero attached hydrogens (tertiary/aromatic N) is 3. The van der Waals surface area contributed by atoms with E-state index in [-0.39, 0.29) is 0 Å². The van der Waals surface area contributed by atoms with Crippen molar-refractivity contribution in [3.63, 3.8) is 0 Å². The Morgan fingerprint density at radius 3 is 2.86 bits per heavy atom. The molecule has 22 heavy (non-hydrogen) atoms. The van der Waals surface area contributed by atoms with Crippen LogP contribution in [0, 0.1) is 6.92 Å². The van der Waals surface area contributed by atoms with E-state index in [1.54, 1.807) is 17.0 Å². The van der Waals surface area contributed by atoms with E-state index < -0.39 is 0 Å². The Labute approximate surface area is 139 Å². The van der Waals surface area contributed by atoms with Crippen LogP contribution in [0.2, 0.25) is 5.15 Å². The molecule has 0 fully saturated rings. The van der Waals surface area contributed by atoms with Gasteiger partial charge < -0.3 is 5.32 Å². The minimum Gasteiger partial charge on any atom is -0.358 e. The molecule has 0 amide bonds. The molecular weight excluding hydrogens is 318 g/mol. The van der Waals surface area contributed by atoms with Crippen LogP contribution in [0.5, 0.6) is 0 Å². The van der Waals surface area contributed by atoms with Crippen LogP contribution in [0.3, 0.4) is 0 Å². The molecule has 2 rings (SSSR count). The number of benzene rings is 1. The fourth-order valence-electron chi connectivity index (χ4n) is 1.81. The average Bonchev–Trinajstić information content (AvgIpc) is 2.81. The monoisotopic (exact) mass is 333 g/mol. The van der Waals surface area contributed by atoms with E-state index in [1.165, 1.54) is 0 Å². The van der Waals surface area contributed by atoms with Gasteiger partial charge in [0.05, 0.1) is 23.2 Å². The van der Waals surface area contributed by atoms with E-state index in [0.717, 1.165) is 16.9 Å². The topological polar surface area (TPSA) is 54.2 Å². The molecule has 5 nitrogen and oxygen atoms in total. The van der Waals surface area contributed by atoms with Gasteiger partial charge >= 0.3 is 0 Å².